The first kappa shape index (κ1) is 25.0. The van der Waals surface area contributed by atoms with Crippen LogP contribution in [-0.2, 0) is 4.79 Å². The van der Waals surface area contributed by atoms with Crippen molar-refractivity contribution in [2.24, 2.45) is 11.7 Å². The van der Waals surface area contributed by atoms with E-state index in [1.54, 1.807) is 24.4 Å². The molecule has 3 aromatic rings. The molecule has 0 bridgehead atoms. The Morgan fingerprint density at radius 3 is 2.47 bits per heavy atom. The summed E-state index contributed by atoms with van der Waals surface area (Å²) in [6.45, 7) is 0. The zero-order valence-electron chi connectivity index (χ0n) is 19.5. The number of benzene rings is 1. The first-order chi connectivity index (χ1) is 17.2. The zero-order valence-corrected chi connectivity index (χ0v) is 21.0. The van der Waals surface area contributed by atoms with E-state index in [1.165, 1.54) is 0 Å². The molecule has 0 unspecified atom stereocenters. The molecule has 0 saturated heterocycles. The molecule has 192 valence electrons. The van der Waals surface area contributed by atoms with Gasteiger partial charge in [0.2, 0.25) is 23.7 Å². The van der Waals surface area contributed by atoms with Crippen molar-refractivity contribution >= 4 is 57.9 Å². The minimum atomic E-state index is -2.60. The second-order valence-electron chi connectivity index (χ2n) is 9.64. The first-order valence-corrected chi connectivity index (χ1v) is 12.8. The van der Waals surface area contributed by atoms with E-state index in [1.807, 2.05) is 4.57 Å². The summed E-state index contributed by atoms with van der Waals surface area (Å²) in [6, 6.07) is 5.06. The number of carbonyl (C=O) groups excluding carboxylic acids is 1. The quantitative estimate of drug-likeness (QED) is 0.351. The molecular weight excluding hydrogens is 511 g/mol. The number of carbonyl (C=O) groups is 1. The van der Waals surface area contributed by atoms with E-state index < -0.39 is 5.92 Å². The Hall–Kier alpha value is -2.72. The molecule has 2 aliphatic carbocycles. The molecule has 2 fully saturated rings. The number of amides is 1. The maximum absolute atomic E-state index is 13.6. The standard InChI is InChI=1S/C24H27Cl2F2N7O/c25-14-3-6-18(17(26)11-14)32-23-33-19-12-30-22(31-15-7-9-24(27,28)10-8-15)34-21(19)35(23)16-4-1-13(2-5-16)20(29)36/h3,6,11-13,15-16H,1-2,4-5,7-10H2,(H2,29,36)(H,32,33)(H,30,31,34). The lowest BCUT2D eigenvalue weighted by atomic mass is 9.85. The van der Waals surface area contributed by atoms with E-state index in [0.29, 0.717) is 64.5 Å². The van der Waals surface area contributed by atoms with Crippen LogP contribution in [0.4, 0.5) is 26.4 Å². The van der Waals surface area contributed by atoms with Crippen LogP contribution in [0.2, 0.25) is 10.0 Å². The number of rotatable bonds is 6. The van der Waals surface area contributed by atoms with E-state index in [4.69, 9.17) is 38.9 Å². The normalized spacial score (nSPS) is 22.4. The number of halogens is 4. The number of hydrogen-bond acceptors (Lipinski definition) is 6. The summed E-state index contributed by atoms with van der Waals surface area (Å²) < 4.78 is 29.2. The van der Waals surface area contributed by atoms with Gasteiger partial charge in [-0.2, -0.15) is 4.98 Å². The number of primary amides is 1. The Bertz CT molecular complexity index is 1270. The summed E-state index contributed by atoms with van der Waals surface area (Å²) in [7, 11) is 0. The predicted octanol–water partition coefficient (Wildman–Crippen LogP) is 6.08. The number of fused-ring (bicyclic) bond motifs is 1. The minimum absolute atomic E-state index is 0.0234. The van der Waals surface area contributed by atoms with Gasteiger partial charge in [-0.25, -0.2) is 18.7 Å². The van der Waals surface area contributed by atoms with Crippen LogP contribution in [0.1, 0.15) is 57.4 Å². The lowest BCUT2D eigenvalue weighted by Gasteiger charge is -2.29. The van der Waals surface area contributed by atoms with Crippen LogP contribution in [0.15, 0.2) is 24.4 Å². The summed E-state index contributed by atoms with van der Waals surface area (Å²) in [5, 5.41) is 7.48. The van der Waals surface area contributed by atoms with Crippen LogP contribution in [-0.4, -0.2) is 37.4 Å². The molecule has 0 atom stereocenters. The Kier molecular flexibility index (Phi) is 6.91. The van der Waals surface area contributed by atoms with Crippen LogP contribution >= 0.6 is 23.2 Å². The van der Waals surface area contributed by atoms with Crippen LogP contribution in [0, 0.1) is 5.92 Å². The second-order valence-corrected chi connectivity index (χ2v) is 10.5. The molecule has 0 radical (unpaired) electrons. The summed E-state index contributed by atoms with van der Waals surface area (Å²) in [5.41, 5.74) is 7.37. The molecule has 2 heterocycles. The maximum atomic E-state index is 13.6. The van der Waals surface area contributed by atoms with Gasteiger partial charge in [0.25, 0.3) is 0 Å². The van der Waals surface area contributed by atoms with Crippen molar-refractivity contribution in [3.05, 3.63) is 34.4 Å². The number of aromatic nitrogens is 4. The third kappa shape index (κ3) is 5.34. The summed E-state index contributed by atoms with van der Waals surface area (Å²) >= 11 is 12.4. The lowest BCUT2D eigenvalue weighted by Crippen LogP contribution is -2.32. The Morgan fingerprint density at radius 1 is 1.08 bits per heavy atom. The maximum Gasteiger partial charge on any atom is 0.248 e. The summed E-state index contributed by atoms with van der Waals surface area (Å²) in [4.78, 5) is 25.6. The van der Waals surface area contributed by atoms with Crippen LogP contribution in [0.3, 0.4) is 0 Å². The number of alkyl halides is 2. The van der Waals surface area contributed by atoms with Gasteiger partial charge in [0, 0.05) is 35.9 Å². The number of nitrogens with two attached hydrogens (primary N) is 1. The first-order valence-electron chi connectivity index (χ1n) is 12.1. The van der Waals surface area contributed by atoms with Gasteiger partial charge in [0.05, 0.1) is 16.9 Å². The molecule has 12 heteroatoms. The zero-order chi connectivity index (χ0) is 25.4. The van der Waals surface area contributed by atoms with E-state index >= 15 is 0 Å². The van der Waals surface area contributed by atoms with Gasteiger partial charge in [-0.1, -0.05) is 23.2 Å². The largest absolute Gasteiger partial charge is 0.369 e. The van der Waals surface area contributed by atoms with Crippen molar-refractivity contribution in [1.29, 1.82) is 0 Å². The number of hydrogen-bond donors (Lipinski definition) is 3. The predicted molar refractivity (Wildman–Crippen MR) is 136 cm³/mol. The van der Waals surface area contributed by atoms with E-state index in [9.17, 15) is 13.6 Å². The highest BCUT2D eigenvalue weighted by atomic mass is 35.5. The highest BCUT2D eigenvalue weighted by Gasteiger charge is 2.35. The van der Waals surface area contributed by atoms with Crippen LogP contribution < -0.4 is 16.4 Å². The molecule has 2 aliphatic rings. The number of nitrogens with zero attached hydrogens (tertiary/aromatic N) is 4. The third-order valence-electron chi connectivity index (χ3n) is 7.12. The van der Waals surface area contributed by atoms with Gasteiger partial charge in [-0.05, 0) is 56.7 Å². The minimum Gasteiger partial charge on any atom is -0.369 e. The van der Waals surface area contributed by atoms with E-state index in [-0.39, 0.29) is 36.8 Å². The van der Waals surface area contributed by atoms with Crippen LogP contribution in [0.25, 0.3) is 11.2 Å². The molecular formula is C24H27Cl2F2N7O. The van der Waals surface area contributed by atoms with Gasteiger partial charge < -0.3 is 16.4 Å². The lowest BCUT2D eigenvalue weighted by molar-refractivity contribution is -0.122. The molecule has 1 aromatic carbocycles. The van der Waals surface area contributed by atoms with Gasteiger partial charge >= 0.3 is 0 Å². The molecule has 1 amide bonds. The van der Waals surface area contributed by atoms with Gasteiger partial charge in [-0.15, -0.1) is 0 Å². The SMILES string of the molecule is NC(=O)C1CCC(n2c(Nc3ccc(Cl)cc3Cl)nc3cnc(NC4CCC(F)(F)CC4)nc32)CC1. The Labute approximate surface area is 217 Å². The van der Waals surface area contributed by atoms with Gasteiger partial charge in [0.1, 0.15) is 5.52 Å². The fraction of sp³-hybridized carbons (Fsp3) is 0.500. The average Bonchev–Trinajstić information content (AvgIpc) is 3.19. The molecule has 2 saturated carbocycles. The van der Waals surface area contributed by atoms with Crippen molar-refractivity contribution in [3.63, 3.8) is 0 Å². The average molecular weight is 538 g/mol. The van der Waals surface area contributed by atoms with Crippen molar-refractivity contribution in [3.8, 4) is 0 Å². The molecule has 8 nitrogen and oxygen atoms in total. The molecule has 0 spiro atoms. The van der Waals surface area contributed by atoms with Crippen LogP contribution in [0.5, 0.6) is 0 Å². The van der Waals surface area contributed by atoms with Crippen molar-refractivity contribution in [2.45, 2.75) is 69.4 Å². The monoisotopic (exact) mass is 537 g/mol. The number of anilines is 3. The Morgan fingerprint density at radius 2 is 1.81 bits per heavy atom. The van der Waals surface area contributed by atoms with Crippen molar-refractivity contribution in [1.82, 2.24) is 19.5 Å². The molecule has 5 rings (SSSR count). The molecule has 0 aliphatic heterocycles. The fourth-order valence-electron chi connectivity index (χ4n) is 5.09. The van der Waals surface area contributed by atoms with E-state index in [0.717, 1.165) is 12.8 Å². The summed E-state index contributed by atoms with van der Waals surface area (Å²) in [6.07, 6.45) is 4.84. The van der Waals surface area contributed by atoms with E-state index in [2.05, 4.69) is 15.6 Å². The number of nitrogens with one attached hydrogen (secondary N) is 2. The third-order valence-corrected chi connectivity index (χ3v) is 7.67. The molecule has 2 aromatic heterocycles. The Balaban J connectivity index is 1.47. The molecule has 4 N–H and O–H groups in total. The number of imidazole rings is 1. The second kappa shape index (κ2) is 9.97. The highest BCUT2D eigenvalue weighted by Crippen LogP contribution is 2.38. The van der Waals surface area contributed by atoms with Crippen molar-refractivity contribution < 1.29 is 13.6 Å². The summed E-state index contributed by atoms with van der Waals surface area (Å²) in [5.74, 6) is -2.10. The van der Waals surface area contributed by atoms with Gasteiger partial charge in [0.15, 0.2) is 5.65 Å². The fourth-order valence-corrected chi connectivity index (χ4v) is 5.55. The van der Waals surface area contributed by atoms with Crippen molar-refractivity contribution in [2.75, 3.05) is 10.6 Å². The smallest absolute Gasteiger partial charge is 0.248 e. The topological polar surface area (TPSA) is 111 Å². The molecule has 36 heavy (non-hydrogen) atoms. The highest BCUT2D eigenvalue weighted by molar-refractivity contribution is 6.36. The van der Waals surface area contributed by atoms with Gasteiger partial charge in [-0.3, -0.25) is 9.36 Å².